The number of methoxy groups -OCH3 is 2. The van der Waals surface area contributed by atoms with Crippen LogP contribution in [0.4, 0.5) is 0 Å². The Morgan fingerprint density at radius 2 is 1.93 bits per heavy atom. The number of halogens is 1. The summed E-state index contributed by atoms with van der Waals surface area (Å²) in [6, 6.07) is 6.97. The molecule has 0 bridgehead atoms. The largest absolute Gasteiger partial charge is 0.468 e. The van der Waals surface area contributed by atoms with E-state index in [0.717, 1.165) is 10.0 Å². The molecule has 0 N–H and O–H groups in total. The van der Waals surface area contributed by atoms with E-state index >= 15 is 0 Å². The number of hydrogen-bond acceptors (Lipinski definition) is 7. The van der Waals surface area contributed by atoms with E-state index in [-0.39, 0.29) is 11.4 Å². The number of hydrogen-bond donors (Lipinski definition) is 0. The van der Waals surface area contributed by atoms with Crippen molar-refractivity contribution in [2.75, 3.05) is 27.4 Å². The van der Waals surface area contributed by atoms with Gasteiger partial charge in [-0.2, -0.15) is 4.98 Å². The summed E-state index contributed by atoms with van der Waals surface area (Å²) in [4.78, 5) is 19.0. The van der Waals surface area contributed by atoms with Crippen LogP contribution in [0.1, 0.15) is 44.1 Å². The van der Waals surface area contributed by atoms with Crippen LogP contribution in [-0.4, -0.2) is 48.4 Å². The fourth-order valence-electron chi connectivity index (χ4n) is 2.57. The standard InChI is InChI=1S/C19H26BrN3O4/c1-19(2,3)18-21-15(22-27-18)12-23(10-11-25-4)16(17(24)26-5)13-6-8-14(20)9-7-13/h6-9,16H,10-12H2,1-5H3. The molecule has 0 spiro atoms. The molecule has 2 rings (SSSR count). The van der Waals surface area contributed by atoms with E-state index in [1.165, 1.54) is 7.11 Å². The number of benzene rings is 1. The van der Waals surface area contributed by atoms with Gasteiger partial charge in [0.15, 0.2) is 5.82 Å². The van der Waals surface area contributed by atoms with Gasteiger partial charge in [-0.15, -0.1) is 0 Å². The van der Waals surface area contributed by atoms with Crippen LogP contribution < -0.4 is 0 Å². The summed E-state index contributed by atoms with van der Waals surface area (Å²) in [5.74, 6) is 0.720. The van der Waals surface area contributed by atoms with Crippen molar-refractivity contribution in [3.05, 3.63) is 46.0 Å². The number of carbonyl (C=O) groups is 1. The molecular weight excluding hydrogens is 414 g/mol. The molecule has 1 aromatic heterocycles. The third-order valence-corrected chi connectivity index (χ3v) is 4.54. The van der Waals surface area contributed by atoms with Crippen LogP contribution >= 0.6 is 15.9 Å². The molecule has 1 atom stereocenters. The van der Waals surface area contributed by atoms with E-state index in [4.69, 9.17) is 14.0 Å². The van der Waals surface area contributed by atoms with Crippen molar-refractivity contribution in [3.8, 4) is 0 Å². The van der Waals surface area contributed by atoms with Gasteiger partial charge in [0, 0.05) is 23.5 Å². The molecule has 0 aliphatic carbocycles. The molecule has 2 aromatic rings. The molecule has 0 saturated carbocycles. The van der Waals surface area contributed by atoms with Crippen LogP contribution in [0.2, 0.25) is 0 Å². The topological polar surface area (TPSA) is 77.7 Å². The smallest absolute Gasteiger partial charge is 0.327 e. The van der Waals surface area contributed by atoms with E-state index in [9.17, 15) is 4.79 Å². The van der Waals surface area contributed by atoms with E-state index in [1.54, 1.807) is 7.11 Å². The van der Waals surface area contributed by atoms with Crippen molar-refractivity contribution in [2.45, 2.75) is 38.8 Å². The first kappa shape index (κ1) is 21.5. The molecular formula is C19H26BrN3O4. The Kier molecular flexibility index (Phi) is 7.52. The average Bonchev–Trinajstić information content (AvgIpc) is 3.10. The van der Waals surface area contributed by atoms with Crippen LogP contribution in [0.25, 0.3) is 0 Å². The van der Waals surface area contributed by atoms with Gasteiger partial charge in [-0.1, -0.05) is 54.0 Å². The van der Waals surface area contributed by atoms with E-state index in [1.807, 2.05) is 49.9 Å². The number of rotatable bonds is 8. The number of nitrogens with zero attached hydrogens (tertiary/aromatic N) is 3. The van der Waals surface area contributed by atoms with Gasteiger partial charge in [0.05, 0.1) is 20.3 Å². The first-order chi connectivity index (χ1) is 12.8. The first-order valence-electron chi connectivity index (χ1n) is 8.65. The van der Waals surface area contributed by atoms with Crippen LogP contribution in [0.5, 0.6) is 0 Å². The second-order valence-corrected chi connectivity index (χ2v) is 8.12. The molecule has 0 fully saturated rings. The molecule has 27 heavy (non-hydrogen) atoms. The Bertz CT molecular complexity index is 740. The molecule has 1 aromatic carbocycles. The van der Waals surface area contributed by atoms with Crippen LogP contribution in [-0.2, 0) is 26.2 Å². The molecule has 0 amide bonds. The third kappa shape index (κ3) is 5.85. The molecule has 0 aliphatic heterocycles. The minimum atomic E-state index is -0.602. The zero-order valence-electron chi connectivity index (χ0n) is 16.4. The number of esters is 1. The van der Waals surface area contributed by atoms with Crippen LogP contribution in [0.3, 0.4) is 0 Å². The Balaban J connectivity index is 2.33. The molecule has 7 nitrogen and oxygen atoms in total. The van der Waals surface area contributed by atoms with Crippen LogP contribution in [0, 0.1) is 0 Å². The highest BCUT2D eigenvalue weighted by Crippen LogP contribution is 2.26. The van der Waals surface area contributed by atoms with E-state index in [0.29, 0.717) is 31.4 Å². The Morgan fingerprint density at radius 3 is 2.44 bits per heavy atom. The first-order valence-corrected chi connectivity index (χ1v) is 9.45. The summed E-state index contributed by atoms with van der Waals surface area (Å²) >= 11 is 3.42. The summed E-state index contributed by atoms with van der Waals surface area (Å²) in [7, 11) is 3.01. The van der Waals surface area contributed by atoms with Crippen molar-refractivity contribution in [3.63, 3.8) is 0 Å². The lowest BCUT2D eigenvalue weighted by Crippen LogP contribution is -2.37. The summed E-state index contributed by atoms with van der Waals surface area (Å²) in [6.45, 7) is 7.31. The van der Waals surface area contributed by atoms with Gasteiger partial charge in [-0.25, -0.2) is 4.79 Å². The summed E-state index contributed by atoms with van der Waals surface area (Å²) in [5.41, 5.74) is 0.580. The van der Waals surface area contributed by atoms with Crippen molar-refractivity contribution < 1.29 is 18.8 Å². The van der Waals surface area contributed by atoms with Gasteiger partial charge >= 0.3 is 5.97 Å². The maximum Gasteiger partial charge on any atom is 0.327 e. The summed E-state index contributed by atoms with van der Waals surface area (Å²) in [6.07, 6.45) is 0. The molecule has 1 unspecified atom stereocenters. The highest BCUT2D eigenvalue weighted by atomic mass is 79.9. The van der Waals surface area contributed by atoms with Crippen molar-refractivity contribution in [1.82, 2.24) is 15.0 Å². The second-order valence-electron chi connectivity index (χ2n) is 7.21. The Hall–Kier alpha value is -1.77. The van der Waals surface area contributed by atoms with Gasteiger partial charge in [0.1, 0.15) is 6.04 Å². The molecule has 0 radical (unpaired) electrons. The van der Waals surface area contributed by atoms with Gasteiger partial charge < -0.3 is 14.0 Å². The number of carbonyl (C=O) groups excluding carboxylic acids is 1. The summed E-state index contributed by atoms with van der Waals surface area (Å²) in [5, 5.41) is 4.08. The highest BCUT2D eigenvalue weighted by Gasteiger charge is 2.30. The van der Waals surface area contributed by atoms with Gasteiger partial charge in [-0.3, -0.25) is 4.90 Å². The van der Waals surface area contributed by atoms with E-state index in [2.05, 4.69) is 26.1 Å². The highest BCUT2D eigenvalue weighted by molar-refractivity contribution is 9.10. The lowest BCUT2D eigenvalue weighted by molar-refractivity contribution is -0.148. The van der Waals surface area contributed by atoms with Crippen LogP contribution in [0.15, 0.2) is 33.3 Å². The second kappa shape index (κ2) is 9.43. The van der Waals surface area contributed by atoms with Gasteiger partial charge in [0.25, 0.3) is 0 Å². The molecule has 0 aliphatic rings. The fraction of sp³-hybridized carbons (Fsp3) is 0.526. The molecule has 0 saturated heterocycles. The maximum atomic E-state index is 12.6. The van der Waals surface area contributed by atoms with Crippen molar-refractivity contribution in [1.29, 1.82) is 0 Å². The normalized spacial score (nSPS) is 13.0. The van der Waals surface area contributed by atoms with Gasteiger partial charge in [0.2, 0.25) is 5.89 Å². The third-order valence-electron chi connectivity index (χ3n) is 4.01. The minimum Gasteiger partial charge on any atom is -0.468 e. The SMILES string of the molecule is COCCN(Cc1noc(C(C)(C)C)n1)C(C(=O)OC)c1ccc(Br)cc1. The monoisotopic (exact) mass is 439 g/mol. The fourth-order valence-corrected chi connectivity index (χ4v) is 2.83. The number of aromatic nitrogens is 2. The van der Waals surface area contributed by atoms with Crippen molar-refractivity contribution in [2.24, 2.45) is 0 Å². The molecule has 8 heteroatoms. The average molecular weight is 440 g/mol. The predicted octanol–water partition coefficient (Wildman–Crippen LogP) is 3.49. The maximum absolute atomic E-state index is 12.6. The molecule has 1 heterocycles. The number of ether oxygens (including phenoxy) is 2. The lowest BCUT2D eigenvalue weighted by Gasteiger charge is -2.28. The van der Waals surface area contributed by atoms with E-state index < -0.39 is 6.04 Å². The summed E-state index contributed by atoms with van der Waals surface area (Å²) < 4.78 is 16.6. The quantitative estimate of drug-likeness (QED) is 0.582. The zero-order chi connectivity index (χ0) is 20.0. The zero-order valence-corrected chi connectivity index (χ0v) is 17.9. The van der Waals surface area contributed by atoms with Crippen molar-refractivity contribution >= 4 is 21.9 Å². The predicted molar refractivity (Wildman–Crippen MR) is 104 cm³/mol. The lowest BCUT2D eigenvalue weighted by atomic mass is 9.97. The van der Waals surface area contributed by atoms with Gasteiger partial charge in [-0.05, 0) is 17.7 Å². The Morgan fingerprint density at radius 1 is 1.26 bits per heavy atom. The Labute approximate surface area is 168 Å². The molecule has 148 valence electrons. The minimum absolute atomic E-state index is 0.240.